The van der Waals surface area contributed by atoms with Crippen molar-refractivity contribution in [3.63, 3.8) is 0 Å². The third-order valence-corrected chi connectivity index (χ3v) is 2.07. The standard InChI is InChI=1S/C11H23NO3/c1-10(2,3)15-9(13)12(6)11(4,5)8-14-7/h8H2,1-7H3. The summed E-state index contributed by atoms with van der Waals surface area (Å²) >= 11 is 0. The second-order valence-electron chi connectivity index (χ2n) is 5.28. The Morgan fingerprint density at radius 2 is 1.67 bits per heavy atom. The number of likely N-dealkylation sites (N-methyl/N-ethyl adjacent to an activating group) is 1. The van der Waals surface area contributed by atoms with Crippen LogP contribution in [0.5, 0.6) is 0 Å². The Morgan fingerprint density at radius 3 is 2.00 bits per heavy atom. The van der Waals surface area contributed by atoms with E-state index in [1.165, 1.54) is 0 Å². The number of methoxy groups -OCH3 is 1. The van der Waals surface area contributed by atoms with Crippen LogP contribution in [0.4, 0.5) is 4.79 Å². The summed E-state index contributed by atoms with van der Waals surface area (Å²) in [5.74, 6) is 0. The Labute approximate surface area is 92.5 Å². The van der Waals surface area contributed by atoms with Crippen molar-refractivity contribution in [1.82, 2.24) is 4.90 Å². The zero-order valence-electron chi connectivity index (χ0n) is 10.9. The maximum Gasteiger partial charge on any atom is 0.410 e. The Morgan fingerprint density at radius 1 is 1.20 bits per heavy atom. The molecule has 0 aromatic heterocycles. The summed E-state index contributed by atoms with van der Waals surface area (Å²) in [4.78, 5) is 13.3. The summed E-state index contributed by atoms with van der Waals surface area (Å²) < 4.78 is 10.3. The molecular formula is C11H23NO3. The molecule has 0 aliphatic heterocycles. The third-order valence-electron chi connectivity index (χ3n) is 2.07. The monoisotopic (exact) mass is 217 g/mol. The summed E-state index contributed by atoms with van der Waals surface area (Å²) in [7, 11) is 3.33. The van der Waals surface area contributed by atoms with Gasteiger partial charge in [-0.1, -0.05) is 0 Å². The number of carbonyl (C=O) groups is 1. The van der Waals surface area contributed by atoms with E-state index in [0.29, 0.717) is 6.61 Å². The number of hydrogen-bond donors (Lipinski definition) is 0. The second-order valence-corrected chi connectivity index (χ2v) is 5.28. The molecule has 15 heavy (non-hydrogen) atoms. The summed E-state index contributed by atoms with van der Waals surface area (Å²) in [6.45, 7) is 9.88. The molecule has 0 saturated carbocycles. The molecule has 0 heterocycles. The van der Waals surface area contributed by atoms with Crippen molar-refractivity contribution < 1.29 is 14.3 Å². The SMILES string of the molecule is COCC(C)(C)N(C)C(=O)OC(C)(C)C. The number of ether oxygens (including phenoxy) is 2. The molecule has 0 atom stereocenters. The highest BCUT2D eigenvalue weighted by Gasteiger charge is 2.30. The molecule has 0 saturated heterocycles. The van der Waals surface area contributed by atoms with Crippen molar-refractivity contribution in [2.75, 3.05) is 20.8 Å². The Bertz CT molecular complexity index is 218. The van der Waals surface area contributed by atoms with Gasteiger partial charge in [-0.05, 0) is 34.6 Å². The lowest BCUT2D eigenvalue weighted by Crippen LogP contribution is -2.49. The van der Waals surface area contributed by atoms with Crippen LogP contribution >= 0.6 is 0 Å². The van der Waals surface area contributed by atoms with Crippen LogP contribution in [0.1, 0.15) is 34.6 Å². The van der Waals surface area contributed by atoms with Crippen molar-refractivity contribution in [3.8, 4) is 0 Å². The number of amides is 1. The number of hydrogen-bond acceptors (Lipinski definition) is 3. The molecule has 0 bridgehead atoms. The molecule has 0 N–H and O–H groups in total. The fourth-order valence-corrected chi connectivity index (χ4v) is 1.03. The van der Waals surface area contributed by atoms with Crippen LogP contribution in [-0.2, 0) is 9.47 Å². The van der Waals surface area contributed by atoms with E-state index in [2.05, 4.69) is 0 Å². The first-order valence-electron chi connectivity index (χ1n) is 5.06. The second kappa shape index (κ2) is 4.84. The van der Waals surface area contributed by atoms with E-state index in [0.717, 1.165) is 0 Å². The molecule has 1 amide bonds. The Hall–Kier alpha value is -0.770. The van der Waals surface area contributed by atoms with Gasteiger partial charge < -0.3 is 14.4 Å². The van der Waals surface area contributed by atoms with Crippen LogP contribution in [0.15, 0.2) is 0 Å². The van der Waals surface area contributed by atoms with Crippen molar-refractivity contribution in [2.45, 2.75) is 45.8 Å². The lowest BCUT2D eigenvalue weighted by molar-refractivity contribution is -0.00555. The first kappa shape index (κ1) is 14.2. The summed E-state index contributed by atoms with van der Waals surface area (Å²) in [5.41, 5.74) is -0.828. The van der Waals surface area contributed by atoms with Gasteiger partial charge in [0.2, 0.25) is 0 Å². The highest BCUT2D eigenvalue weighted by atomic mass is 16.6. The molecule has 0 rings (SSSR count). The number of nitrogens with zero attached hydrogens (tertiary/aromatic N) is 1. The van der Waals surface area contributed by atoms with Crippen molar-refractivity contribution in [3.05, 3.63) is 0 Å². The fourth-order valence-electron chi connectivity index (χ4n) is 1.03. The third kappa shape index (κ3) is 5.02. The maximum absolute atomic E-state index is 11.7. The zero-order chi connectivity index (χ0) is 12.3. The molecule has 90 valence electrons. The van der Waals surface area contributed by atoms with E-state index in [-0.39, 0.29) is 11.6 Å². The summed E-state index contributed by atoms with van der Waals surface area (Å²) in [5, 5.41) is 0. The van der Waals surface area contributed by atoms with Crippen molar-refractivity contribution in [1.29, 1.82) is 0 Å². The van der Waals surface area contributed by atoms with Gasteiger partial charge in [-0.25, -0.2) is 4.79 Å². The van der Waals surface area contributed by atoms with Crippen LogP contribution in [0, 0.1) is 0 Å². The molecule has 4 nitrogen and oxygen atoms in total. The number of carbonyl (C=O) groups excluding carboxylic acids is 1. The predicted octanol–water partition coefficient (Wildman–Crippen LogP) is 2.28. The average molecular weight is 217 g/mol. The lowest BCUT2D eigenvalue weighted by atomic mass is 10.1. The van der Waals surface area contributed by atoms with Gasteiger partial charge >= 0.3 is 6.09 Å². The van der Waals surface area contributed by atoms with Crippen LogP contribution in [0.25, 0.3) is 0 Å². The molecule has 0 fully saturated rings. The molecule has 0 aliphatic carbocycles. The normalized spacial score (nSPS) is 12.5. The molecule has 0 unspecified atom stereocenters. The summed E-state index contributed by atoms with van der Waals surface area (Å²) in [6.07, 6.45) is -0.329. The van der Waals surface area contributed by atoms with E-state index in [1.54, 1.807) is 19.1 Å². The number of rotatable bonds is 3. The zero-order valence-corrected chi connectivity index (χ0v) is 10.9. The highest BCUT2D eigenvalue weighted by molar-refractivity contribution is 5.68. The Kier molecular flexibility index (Phi) is 4.59. The topological polar surface area (TPSA) is 38.8 Å². The highest BCUT2D eigenvalue weighted by Crippen LogP contribution is 2.17. The summed E-state index contributed by atoms with van der Waals surface area (Å²) in [6, 6.07) is 0. The first-order chi connectivity index (χ1) is 6.60. The van der Waals surface area contributed by atoms with Gasteiger partial charge in [-0.15, -0.1) is 0 Å². The van der Waals surface area contributed by atoms with Crippen LogP contribution in [-0.4, -0.2) is 42.9 Å². The quantitative estimate of drug-likeness (QED) is 0.728. The molecular weight excluding hydrogens is 194 g/mol. The molecule has 0 aliphatic rings. The van der Waals surface area contributed by atoms with Gasteiger partial charge in [0.25, 0.3) is 0 Å². The van der Waals surface area contributed by atoms with Gasteiger partial charge in [0, 0.05) is 14.2 Å². The largest absolute Gasteiger partial charge is 0.444 e. The average Bonchev–Trinajstić information content (AvgIpc) is 1.99. The van der Waals surface area contributed by atoms with Crippen LogP contribution in [0.3, 0.4) is 0 Å². The minimum Gasteiger partial charge on any atom is -0.444 e. The first-order valence-corrected chi connectivity index (χ1v) is 5.06. The van der Waals surface area contributed by atoms with Gasteiger partial charge in [0.1, 0.15) is 5.60 Å². The molecule has 4 heteroatoms. The lowest BCUT2D eigenvalue weighted by Gasteiger charge is -2.36. The van der Waals surface area contributed by atoms with E-state index in [9.17, 15) is 4.79 Å². The van der Waals surface area contributed by atoms with Crippen molar-refractivity contribution >= 4 is 6.09 Å². The maximum atomic E-state index is 11.7. The van der Waals surface area contributed by atoms with Crippen molar-refractivity contribution in [2.24, 2.45) is 0 Å². The van der Waals surface area contributed by atoms with E-state index < -0.39 is 5.60 Å². The predicted molar refractivity (Wildman–Crippen MR) is 60.0 cm³/mol. The Balaban J connectivity index is 4.44. The van der Waals surface area contributed by atoms with Gasteiger partial charge in [-0.2, -0.15) is 0 Å². The molecule has 0 aromatic rings. The molecule has 0 aromatic carbocycles. The van der Waals surface area contributed by atoms with Gasteiger partial charge in [-0.3, -0.25) is 0 Å². The van der Waals surface area contributed by atoms with E-state index >= 15 is 0 Å². The van der Waals surface area contributed by atoms with Crippen LogP contribution < -0.4 is 0 Å². The minimum atomic E-state index is -0.464. The van der Waals surface area contributed by atoms with E-state index in [4.69, 9.17) is 9.47 Å². The van der Waals surface area contributed by atoms with E-state index in [1.807, 2.05) is 34.6 Å². The molecule has 0 spiro atoms. The molecule has 0 radical (unpaired) electrons. The van der Waals surface area contributed by atoms with Crippen LogP contribution in [0.2, 0.25) is 0 Å². The smallest absolute Gasteiger partial charge is 0.410 e. The fraction of sp³-hybridized carbons (Fsp3) is 0.909. The van der Waals surface area contributed by atoms with Gasteiger partial charge in [0.05, 0.1) is 12.1 Å². The minimum absolute atomic E-state index is 0.329. The van der Waals surface area contributed by atoms with Gasteiger partial charge in [0.15, 0.2) is 0 Å².